The number of β-amino-alcohol motifs (C(OH)–C–C–N with tert-alkyl or cyclic N) is 1. The SMILES string of the molecule is OC1CCCN(Cc2nc(CCl)cs2)C1. The third kappa shape index (κ3) is 3.14. The van der Waals surface area contributed by atoms with Crippen LogP contribution in [0.5, 0.6) is 0 Å². The Hall–Kier alpha value is -0.160. The average Bonchev–Trinajstić information content (AvgIpc) is 2.65. The van der Waals surface area contributed by atoms with E-state index in [-0.39, 0.29) is 6.10 Å². The molecule has 0 radical (unpaired) electrons. The number of aromatic nitrogens is 1. The second kappa shape index (κ2) is 5.25. The topological polar surface area (TPSA) is 36.4 Å². The van der Waals surface area contributed by atoms with Crippen LogP contribution < -0.4 is 0 Å². The summed E-state index contributed by atoms with van der Waals surface area (Å²) < 4.78 is 0. The van der Waals surface area contributed by atoms with Gasteiger partial charge in [-0.15, -0.1) is 22.9 Å². The van der Waals surface area contributed by atoms with Gasteiger partial charge in [0.25, 0.3) is 0 Å². The van der Waals surface area contributed by atoms with Gasteiger partial charge >= 0.3 is 0 Å². The number of nitrogens with zero attached hydrogens (tertiary/aromatic N) is 2. The van der Waals surface area contributed by atoms with E-state index in [0.29, 0.717) is 5.88 Å². The highest BCUT2D eigenvalue weighted by Crippen LogP contribution is 2.17. The first-order valence-corrected chi connectivity index (χ1v) is 6.59. The van der Waals surface area contributed by atoms with Crippen molar-refractivity contribution in [2.24, 2.45) is 0 Å². The Morgan fingerprint density at radius 3 is 3.20 bits per heavy atom. The van der Waals surface area contributed by atoms with Crippen LogP contribution in [0.15, 0.2) is 5.38 Å². The highest BCUT2D eigenvalue weighted by atomic mass is 35.5. The molecule has 1 saturated heterocycles. The molecule has 0 bridgehead atoms. The van der Waals surface area contributed by atoms with Gasteiger partial charge in [-0.05, 0) is 19.4 Å². The van der Waals surface area contributed by atoms with Crippen LogP contribution in [-0.4, -0.2) is 34.2 Å². The number of alkyl halides is 1. The fraction of sp³-hybridized carbons (Fsp3) is 0.700. The molecular weight excluding hydrogens is 232 g/mol. The van der Waals surface area contributed by atoms with Crippen LogP contribution in [0.4, 0.5) is 0 Å². The van der Waals surface area contributed by atoms with Crippen LogP contribution in [0.3, 0.4) is 0 Å². The monoisotopic (exact) mass is 246 g/mol. The molecule has 2 rings (SSSR count). The molecular formula is C10H15ClN2OS. The predicted octanol–water partition coefficient (Wildman–Crippen LogP) is 1.84. The number of hydrogen-bond acceptors (Lipinski definition) is 4. The fourth-order valence-corrected chi connectivity index (χ4v) is 2.91. The normalized spacial score (nSPS) is 23.2. The van der Waals surface area contributed by atoms with Gasteiger partial charge in [0, 0.05) is 11.9 Å². The van der Waals surface area contributed by atoms with Gasteiger partial charge in [-0.2, -0.15) is 0 Å². The molecule has 1 fully saturated rings. The molecule has 1 N–H and O–H groups in total. The van der Waals surface area contributed by atoms with Gasteiger partial charge < -0.3 is 5.11 Å². The molecule has 2 heterocycles. The largest absolute Gasteiger partial charge is 0.392 e. The number of aliphatic hydroxyl groups excluding tert-OH is 1. The summed E-state index contributed by atoms with van der Waals surface area (Å²) in [6.07, 6.45) is 1.85. The van der Waals surface area contributed by atoms with E-state index in [2.05, 4.69) is 9.88 Å². The van der Waals surface area contributed by atoms with Gasteiger partial charge in [-0.3, -0.25) is 4.90 Å². The van der Waals surface area contributed by atoms with Crippen LogP contribution in [0.25, 0.3) is 0 Å². The minimum atomic E-state index is -0.161. The number of piperidine rings is 1. The molecule has 0 aromatic carbocycles. The summed E-state index contributed by atoms with van der Waals surface area (Å²) in [5, 5.41) is 12.6. The smallest absolute Gasteiger partial charge is 0.107 e. The van der Waals surface area contributed by atoms with Crippen LogP contribution in [0, 0.1) is 0 Å². The second-order valence-electron chi connectivity index (χ2n) is 3.90. The lowest BCUT2D eigenvalue weighted by Gasteiger charge is -2.29. The fourth-order valence-electron chi connectivity index (χ4n) is 1.85. The summed E-state index contributed by atoms with van der Waals surface area (Å²) in [6.45, 7) is 2.68. The Morgan fingerprint density at radius 2 is 2.53 bits per heavy atom. The number of halogens is 1. The predicted molar refractivity (Wildman–Crippen MR) is 62.2 cm³/mol. The standard InChI is InChI=1S/C10H15ClN2OS/c11-4-8-7-15-10(12-8)6-13-3-1-2-9(14)5-13/h7,9,14H,1-6H2. The molecule has 1 atom stereocenters. The lowest BCUT2D eigenvalue weighted by molar-refractivity contribution is 0.0668. The maximum atomic E-state index is 9.53. The number of aliphatic hydroxyl groups is 1. The first-order valence-electron chi connectivity index (χ1n) is 5.17. The molecule has 1 aromatic heterocycles. The molecule has 0 saturated carbocycles. The zero-order valence-corrected chi connectivity index (χ0v) is 10.1. The van der Waals surface area contributed by atoms with Crippen molar-refractivity contribution in [2.75, 3.05) is 13.1 Å². The Kier molecular flexibility index (Phi) is 3.97. The third-order valence-electron chi connectivity index (χ3n) is 2.58. The maximum absolute atomic E-state index is 9.53. The minimum absolute atomic E-state index is 0.161. The van der Waals surface area contributed by atoms with E-state index in [4.69, 9.17) is 11.6 Å². The highest BCUT2D eigenvalue weighted by Gasteiger charge is 2.18. The second-order valence-corrected chi connectivity index (χ2v) is 5.11. The first-order chi connectivity index (χ1) is 7.28. The van der Waals surface area contributed by atoms with Crippen molar-refractivity contribution in [1.29, 1.82) is 0 Å². The zero-order valence-electron chi connectivity index (χ0n) is 8.53. The Balaban J connectivity index is 1.90. The highest BCUT2D eigenvalue weighted by molar-refractivity contribution is 7.09. The quantitative estimate of drug-likeness (QED) is 0.827. The van der Waals surface area contributed by atoms with Gasteiger partial charge in [0.15, 0.2) is 0 Å². The van der Waals surface area contributed by atoms with E-state index in [1.165, 1.54) is 0 Å². The molecule has 0 amide bonds. The molecule has 1 aliphatic heterocycles. The summed E-state index contributed by atoms with van der Waals surface area (Å²) >= 11 is 7.35. The number of likely N-dealkylation sites (tertiary alicyclic amines) is 1. The molecule has 5 heteroatoms. The van der Waals surface area contributed by atoms with Crippen molar-refractivity contribution < 1.29 is 5.11 Å². The summed E-state index contributed by atoms with van der Waals surface area (Å²) in [5.41, 5.74) is 0.953. The molecule has 0 spiro atoms. The Morgan fingerprint density at radius 1 is 1.67 bits per heavy atom. The van der Waals surface area contributed by atoms with Gasteiger partial charge in [-0.25, -0.2) is 4.98 Å². The van der Waals surface area contributed by atoms with Crippen LogP contribution in [-0.2, 0) is 12.4 Å². The van der Waals surface area contributed by atoms with Gasteiger partial charge in [-0.1, -0.05) is 0 Å². The van der Waals surface area contributed by atoms with Crippen LogP contribution in [0.1, 0.15) is 23.5 Å². The summed E-state index contributed by atoms with van der Waals surface area (Å²) in [5.74, 6) is 0.485. The van der Waals surface area contributed by atoms with Crippen molar-refractivity contribution >= 4 is 22.9 Å². The van der Waals surface area contributed by atoms with E-state index in [1.54, 1.807) is 11.3 Å². The lowest BCUT2D eigenvalue weighted by atomic mass is 10.1. The van der Waals surface area contributed by atoms with Crippen molar-refractivity contribution in [2.45, 2.75) is 31.4 Å². The van der Waals surface area contributed by atoms with E-state index < -0.39 is 0 Å². The molecule has 1 aliphatic rings. The number of thiazole rings is 1. The molecule has 84 valence electrons. The zero-order chi connectivity index (χ0) is 10.7. The van der Waals surface area contributed by atoms with E-state index in [1.807, 2.05) is 5.38 Å². The van der Waals surface area contributed by atoms with Crippen molar-refractivity contribution in [3.05, 3.63) is 16.1 Å². The molecule has 3 nitrogen and oxygen atoms in total. The summed E-state index contributed by atoms with van der Waals surface area (Å²) in [7, 11) is 0. The molecule has 0 aliphatic carbocycles. The van der Waals surface area contributed by atoms with Crippen LogP contribution >= 0.6 is 22.9 Å². The van der Waals surface area contributed by atoms with Gasteiger partial charge in [0.05, 0.1) is 24.2 Å². The van der Waals surface area contributed by atoms with Crippen molar-refractivity contribution in [1.82, 2.24) is 9.88 Å². The summed E-state index contributed by atoms with van der Waals surface area (Å²) in [6, 6.07) is 0. The average molecular weight is 247 g/mol. The van der Waals surface area contributed by atoms with Crippen LogP contribution in [0.2, 0.25) is 0 Å². The maximum Gasteiger partial charge on any atom is 0.107 e. The molecule has 15 heavy (non-hydrogen) atoms. The van der Waals surface area contributed by atoms with Gasteiger partial charge in [0.2, 0.25) is 0 Å². The van der Waals surface area contributed by atoms with Crippen molar-refractivity contribution in [3.63, 3.8) is 0 Å². The summed E-state index contributed by atoms with van der Waals surface area (Å²) in [4.78, 5) is 6.67. The Bertz CT molecular complexity index is 318. The third-order valence-corrected chi connectivity index (χ3v) is 3.73. The molecule has 1 aromatic rings. The number of rotatable bonds is 3. The van der Waals surface area contributed by atoms with E-state index in [9.17, 15) is 5.11 Å². The first kappa shape index (κ1) is 11.3. The van der Waals surface area contributed by atoms with E-state index in [0.717, 1.165) is 43.2 Å². The lowest BCUT2D eigenvalue weighted by Crippen LogP contribution is -2.37. The molecule has 1 unspecified atom stereocenters. The number of hydrogen-bond donors (Lipinski definition) is 1. The van der Waals surface area contributed by atoms with Gasteiger partial charge in [0.1, 0.15) is 5.01 Å². The van der Waals surface area contributed by atoms with Crippen molar-refractivity contribution in [3.8, 4) is 0 Å². The minimum Gasteiger partial charge on any atom is -0.392 e. The Labute approximate surface area is 98.7 Å². The van der Waals surface area contributed by atoms with E-state index >= 15 is 0 Å².